The van der Waals surface area contributed by atoms with Gasteiger partial charge in [0.05, 0.1) is 6.04 Å². The summed E-state index contributed by atoms with van der Waals surface area (Å²) in [5.41, 5.74) is 2.25. The van der Waals surface area contributed by atoms with E-state index < -0.39 is 5.25 Å². The Morgan fingerprint density at radius 2 is 1.77 bits per heavy atom. The zero-order chi connectivity index (χ0) is 24.2. The molecule has 2 aromatic rings. The summed E-state index contributed by atoms with van der Waals surface area (Å²) in [6, 6.07) is 17.2. The van der Waals surface area contributed by atoms with Crippen molar-refractivity contribution in [3.05, 3.63) is 65.7 Å². The molecule has 0 saturated carbocycles. The van der Waals surface area contributed by atoms with E-state index in [9.17, 15) is 14.4 Å². The summed E-state index contributed by atoms with van der Waals surface area (Å²) in [5, 5.41) is 3.13. The molecule has 0 radical (unpaired) electrons. The number of carbonyl (C=O) groups excluding carboxylic acids is 3. The number of hydrogen-bond donors (Lipinski definition) is 1. The van der Waals surface area contributed by atoms with Crippen molar-refractivity contribution in [1.29, 1.82) is 0 Å². The second-order valence-electron chi connectivity index (χ2n) is 9.29. The van der Waals surface area contributed by atoms with Gasteiger partial charge < -0.3 is 15.1 Å². The number of hydrogen-bond acceptors (Lipinski definition) is 5. The average molecular weight is 491 g/mol. The highest BCUT2D eigenvalue weighted by Gasteiger charge is 2.34. The number of anilines is 1. The fourth-order valence-corrected chi connectivity index (χ4v) is 6.15. The van der Waals surface area contributed by atoms with Gasteiger partial charge in [-0.3, -0.25) is 14.4 Å². The second-order valence-corrected chi connectivity index (χ2v) is 10.5. The van der Waals surface area contributed by atoms with Crippen molar-refractivity contribution in [2.75, 3.05) is 25.0 Å². The van der Waals surface area contributed by atoms with Crippen molar-refractivity contribution in [3.8, 4) is 0 Å². The molecule has 3 aliphatic rings. The number of carbonyl (C=O) groups is 3. The first kappa shape index (κ1) is 23.6. The number of nitrogens with zero attached hydrogens (tertiary/aromatic N) is 3. The van der Waals surface area contributed by atoms with Crippen LogP contribution in [0.1, 0.15) is 60.5 Å². The lowest BCUT2D eigenvalue weighted by Crippen LogP contribution is -2.33. The average Bonchev–Trinajstić information content (AvgIpc) is 3.52. The van der Waals surface area contributed by atoms with E-state index in [1.807, 2.05) is 23.1 Å². The highest BCUT2D eigenvalue weighted by atomic mass is 32.2. The van der Waals surface area contributed by atoms with Gasteiger partial charge in [-0.1, -0.05) is 48.2 Å². The van der Waals surface area contributed by atoms with Crippen LogP contribution in [-0.2, 0) is 9.59 Å². The largest absolute Gasteiger partial charge is 0.351 e. The molecule has 2 unspecified atom stereocenters. The van der Waals surface area contributed by atoms with Crippen LogP contribution in [0.4, 0.5) is 5.69 Å². The first-order valence-corrected chi connectivity index (χ1v) is 13.3. The Hall–Kier alpha value is -3.13. The van der Waals surface area contributed by atoms with Gasteiger partial charge in [0.1, 0.15) is 5.25 Å². The monoisotopic (exact) mass is 490 g/mol. The molecule has 3 heterocycles. The van der Waals surface area contributed by atoms with Gasteiger partial charge in [0, 0.05) is 37.3 Å². The van der Waals surface area contributed by atoms with E-state index >= 15 is 0 Å². The molecular formula is C27H30N4O3S. The fraction of sp³-hybridized carbons (Fsp3) is 0.407. The van der Waals surface area contributed by atoms with Gasteiger partial charge in [-0.25, -0.2) is 0 Å². The van der Waals surface area contributed by atoms with E-state index in [0.717, 1.165) is 56.0 Å². The summed E-state index contributed by atoms with van der Waals surface area (Å²) in [4.78, 5) is 46.7. The van der Waals surface area contributed by atoms with Crippen molar-refractivity contribution >= 4 is 40.3 Å². The number of thioether (sulfide) groups is 1. The van der Waals surface area contributed by atoms with Crippen LogP contribution in [0.2, 0.25) is 0 Å². The van der Waals surface area contributed by atoms with Crippen molar-refractivity contribution in [1.82, 2.24) is 9.80 Å². The van der Waals surface area contributed by atoms with Crippen LogP contribution in [0.25, 0.3) is 0 Å². The number of amidine groups is 1. The van der Waals surface area contributed by atoms with Crippen LogP contribution in [0.5, 0.6) is 0 Å². The summed E-state index contributed by atoms with van der Waals surface area (Å²) < 4.78 is 0. The normalized spacial score (nSPS) is 22.3. The van der Waals surface area contributed by atoms with Crippen LogP contribution in [0, 0.1) is 0 Å². The topological polar surface area (TPSA) is 82.1 Å². The molecule has 2 atom stereocenters. The summed E-state index contributed by atoms with van der Waals surface area (Å²) in [6.45, 7) is 2.55. The lowest BCUT2D eigenvalue weighted by molar-refractivity contribution is -0.121. The molecule has 0 bridgehead atoms. The molecule has 2 aromatic carbocycles. The number of likely N-dealkylation sites (tertiary alicyclic amines) is 2. The number of aliphatic imine (C=N–C) groups is 1. The predicted molar refractivity (Wildman–Crippen MR) is 138 cm³/mol. The number of amides is 3. The van der Waals surface area contributed by atoms with Gasteiger partial charge in [0.2, 0.25) is 5.91 Å². The van der Waals surface area contributed by atoms with E-state index in [4.69, 9.17) is 0 Å². The summed E-state index contributed by atoms with van der Waals surface area (Å²) >= 11 is 1.39. The number of piperidine rings is 1. The standard InChI is InChI=1S/C27H30N4O3S/c32-24(18-23-25(33)29-27(35-23)30-14-5-2-6-15-30)28-21-12-7-11-20(17-21)26(34)31-16-8-13-22(31)19-9-3-1-4-10-19/h1,3-4,7,9-12,17,22-23H,2,5-6,8,13-16,18H2,(H,28,32). The first-order chi connectivity index (χ1) is 17.1. The van der Waals surface area contributed by atoms with E-state index in [1.165, 1.54) is 18.2 Å². The van der Waals surface area contributed by atoms with E-state index in [0.29, 0.717) is 11.3 Å². The molecule has 35 heavy (non-hydrogen) atoms. The minimum Gasteiger partial charge on any atom is -0.351 e. The third-order valence-electron chi connectivity index (χ3n) is 6.82. The molecule has 8 heteroatoms. The molecule has 5 rings (SSSR count). The van der Waals surface area contributed by atoms with Gasteiger partial charge in [0.25, 0.3) is 11.8 Å². The van der Waals surface area contributed by atoms with Crippen LogP contribution >= 0.6 is 11.8 Å². The van der Waals surface area contributed by atoms with Crippen molar-refractivity contribution < 1.29 is 14.4 Å². The molecule has 3 amide bonds. The van der Waals surface area contributed by atoms with Gasteiger partial charge in [0.15, 0.2) is 5.17 Å². The van der Waals surface area contributed by atoms with Crippen molar-refractivity contribution in [3.63, 3.8) is 0 Å². The Bertz CT molecular complexity index is 1130. The maximum absolute atomic E-state index is 13.3. The molecule has 2 saturated heterocycles. The van der Waals surface area contributed by atoms with Gasteiger partial charge in [-0.05, 0) is 55.9 Å². The highest BCUT2D eigenvalue weighted by molar-refractivity contribution is 8.15. The van der Waals surface area contributed by atoms with E-state index in [1.54, 1.807) is 24.3 Å². The minimum absolute atomic E-state index is 0.0337. The zero-order valence-electron chi connectivity index (χ0n) is 19.7. The van der Waals surface area contributed by atoms with Gasteiger partial charge in [-0.2, -0.15) is 4.99 Å². The fourth-order valence-electron chi connectivity index (χ4n) is 5.04. The maximum Gasteiger partial charge on any atom is 0.262 e. The van der Waals surface area contributed by atoms with E-state index in [-0.39, 0.29) is 30.2 Å². The zero-order valence-corrected chi connectivity index (χ0v) is 20.5. The molecule has 182 valence electrons. The molecular weight excluding hydrogens is 460 g/mol. The summed E-state index contributed by atoms with van der Waals surface area (Å²) in [5.74, 6) is -0.525. The molecule has 7 nitrogen and oxygen atoms in total. The Morgan fingerprint density at radius 3 is 2.57 bits per heavy atom. The summed E-state index contributed by atoms with van der Waals surface area (Å²) in [7, 11) is 0. The number of benzene rings is 2. The Balaban J connectivity index is 1.20. The maximum atomic E-state index is 13.3. The van der Waals surface area contributed by atoms with E-state index in [2.05, 4.69) is 27.3 Å². The molecule has 2 fully saturated rings. The SMILES string of the molecule is O=C(CC1SC(N2CCCCC2)=NC1=O)Nc1cccc(C(=O)N2CCCC2c2ccccc2)c1. The third-order valence-corrected chi connectivity index (χ3v) is 8.03. The summed E-state index contributed by atoms with van der Waals surface area (Å²) in [6.07, 6.45) is 5.40. The van der Waals surface area contributed by atoms with Gasteiger partial charge >= 0.3 is 0 Å². The quantitative estimate of drug-likeness (QED) is 0.669. The number of rotatable bonds is 5. The second kappa shape index (κ2) is 10.6. The lowest BCUT2D eigenvalue weighted by atomic mass is 10.0. The lowest BCUT2D eigenvalue weighted by Gasteiger charge is -2.27. The van der Waals surface area contributed by atoms with Crippen LogP contribution in [0.3, 0.4) is 0 Å². The van der Waals surface area contributed by atoms with Crippen molar-refractivity contribution in [2.24, 2.45) is 4.99 Å². The predicted octanol–water partition coefficient (Wildman–Crippen LogP) is 4.48. The van der Waals surface area contributed by atoms with Crippen LogP contribution in [0.15, 0.2) is 59.6 Å². The van der Waals surface area contributed by atoms with Crippen LogP contribution < -0.4 is 5.32 Å². The minimum atomic E-state index is -0.493. The highest BCUT2D eigenvalue weighted by Crippen LogP contribution is 2.33. The Morgan fingerprint density at radius 1 is 0.971 bits per heavy atom. The molecule has 0 aromatic heterocycles. The van der Waals surface area contributed by atoms with Gasteiger partial charge in [-0.15, -0.1) is 0 Å². The molecule has 3 aliphatic heterocycles. The third kappa shape index (κ3) is 5.42. The number of nitrogens with one attached hydrogen (secondary N) is 1. The smallest absolute Gasteiger partial charge is 0.262 e. The van der Waals surface area contributed by atoms with Crippen molar-refractivity contribution in [2.45, 2.75) is 49.8 Å². The molecule has 0 aliphatic carbocycles. The van der Waals surface area contributed by atoms with Crippen LogP contribution in [-0.4, -0.2) is 57.6 Å². The first-order valence-electron chi connectivity index (χ1n) is 12.4. The Labute approximate surface area is 210 Å². The molecule has 1 N–H and O–H groups in total. The molecule has 0 spiro atoms. The Kier molecular flexibility index (Phi) is 7.18.